The number of methoxy groups -OCH3 is 2. The van der Waals surface area contributed by atoms with Crippen molar-refractivity contribution in [2.75, 3.05) is 14.2 Å². The van der Waals surface area contributed by atoms with Gasteiger partial charge in [0.1, 0.15) is 0 Å². The highest BCUT2D eigenvalue weighted by Crippen LogP contribution is 2.48. The van der Waals surface area contributed by atoms with E-state index >= 15 is 0 Å². The van der Waals surface area contributed by atoms with Crippen molar-refractivity contribution in [3.8, 4) is 11.5 Å². The predicted molar refractivity (Wildman–Crippen MR) is 54.6 cm³/mol. The lowest BCUT2D eigenvalue weighted by Crippen LogP contribution is -2.19. The summed E-state index contributed by atoms with van der Waals surface area (Å²) in [6.07, 6.45) is 2.05. The highest BCUT2D eigenvalue weighted by atomic mass is 16.5. The fraction of sp³-hybridized carbons (Fsp3) is 0.455. The van der Waals surface area contributed by atoms with E-state index < -0.39 is 0 Å². The molecule has 0 bridgehead atoms. The third kappa shape index (κ3) is 1.34. The van der Waals surface area contributed by atoms with E-state index in [1.807, 2.05) is 18.2 Å². The van der Waals surface area contributed by atoms with E-state index in [2.05, 4.69) is 0 Å². The molecule has 0 amide bonds. The van der Waals surface area contributed by atoms with Gasteiger partial charge in [0.05, 0.1) is 14.2 Å². The van der Waals surface area contributed by atoms with E-state index in [1.165, 1.54) is 0 Å². The summed E-state index contributed by atoms with van der Waals surface area (Å²) in [6, 6.07) is 5.84. The summed E-state index contributed by atoms with van der Waals surface area (Å²) in [5.41, 5.74) is 7.01. The molecule has 2 N–H and O–H groups in total. The molecule has 0 radical (unpaired) electrons. The van der Waals surface area contributed by atoms with Crippen LogP contribution in [0.1, 0.15) is 18.4 Å². The molecule has 0 unspecified atom stereocenters. The van der Waals surface area contributed by atoms with E-state index in [-0.39, 0.29) is 5.54 Å². The lowest BCUT2D eigenvalue weighted by atomic mass is 10.0. The first-order valence-corrected chi connectivity index (χ1v) is 4.71. The smallest absolute Gasteiger partial charge is 0.165 e. The molecule has 14 heavy (non-hydrogen) atoms. The average Bonchev–Trinajstić information content (AvgIpc) is 2.96. The average molecular weight is 193 g/mol. The van der Waals surface area contributed by atoms with Crippen molar-refractivity contribution in [2.24, 2.45) is 5.73 Å². The topological polar surface area (TPSA) is 44.5 Å². The molecular formula is C11H15NO2. The molecule has 3 heteroatoms. The van der Waals surface area contributed by atoms with Crippen LogP contribution in [0, 0.1) is 0 Å². The van der Waals surface area contributed by atoms with E-state index in [4.69, 9.17) is 15.2 Å². The van der Waals surface area contributed by atoms with E-state index in [0.717, 1.165) is 29.9 Å². The third-order valence-electron chi connectivity index (χ3n) is 2.73. The summed E-state index contributed by atoms with van der Waals surface area (Å²) < 4.78 is 10.5. The van der Waals surface area contributed by atoms with Crippen molar-refractivity contribution in [1.82, 2.24) is 0 Å². The molecule has 0 aliphatic heterocycles. The summed E-state index contributed by atoms with van der Waals surface area (Å²) >= 11 is 0. The number of nitrogens with two attached hydrogens (primary N) is 1. The summed E-state index contributed by atoms with van der Waals surface area (Å²) in [6.45, 7) is 0. The molecule has 0 aromatic heterocycles. The fourth-order valence-corrected chi connectivity index (χ4v) is 1.68. The predicted octanol–water partition coefficient (Wildman–Crippen LogP) is 1.65. The summed E-state index contributed by atoms with van der Waals surface area (Å²) in [4.78, 5) is 0. The van der Waals surface area contributed by atoms with Crippen molar-refractivity contribution in [3.05, 3.63) is 23.8 Å². The molecule has 1 fully saturated rings. The van der Waals surface area contributed by atoms with Gasteiger partial charge in [0.25, 0.3) is 0 Å². The number of hydrogen-bond donors (Lipinski definition) is 1. The van der Waals surface area contributed by atoms with Gasteiger partial charge in [-0.25, -0.2) is 0 Å². The quantitative estimate of drug-likeness (QED) is 0.793. The van der Waals surface area contributed by atoms with Crippen LogP contribution in [0.5, 0.6) is 11.5 Å². The Morgan fingerprint density at radius 1 is 1.21 bits per heavy atom. The lowest BCUT2D eigenvalue weighted by molar-refractivity contribution is 0.348. The van der Waals surface area contributed by atoms with Crippen LogP contribution >= 0.6 is 0 Å². The van der Waals surface area contributed by atoms with E-state index in [9.17, 15) is 0 Å². The van der Waals surface area contributed by atoms with E-state index in [1.54, 1.807) is 14.2 Å². The van der Waals surface area contributed by atoms with Crippen molar-refractivity contribution < 1.29 is 9.47 Å². The van der Waals surface area contributed by atoms with E-state index in [0.29, 0.717) is 0 Å². The first kappa shape index (κ1) is 9.34. The van der Waals surface area contributed by atoms with Gasteiger partial charge in [-0.2, -0.15) is 0 Å². The first-order chi connectivity index (χ1) is 6.71. The molecule has 1 aliphatic rings. The molecule has 3 nitrogen and oxygen atoms in total. The van der Waals surface area contributed by atoms with Gasteiger partial charge in [-0.05, 0) is 18.9 Å². The van der Waals surface area contributed by atoms with Crippen LogP contribution in [0.15, 0.2) is 18.2 Å². The maximum Gasteiger partial charge on any atom is 0.165 e. The van der Waals surface area contributed by atoms with Gasteiger partial charge in [0.15, 0.2) is 11.5 Å². The summed E-state index contributed by atoms with van der Waals surface area (Å²) in [7, 11) is 3.28. The van der Waals surface area contributed by atoms with Gasteiger partial charge < -0.3 is 15.2 Å². The van der Waals surface area contributed by atoms with Crippen LogP contribution in [-0.2, 0) is 5.54 Å². The number of ether oxygens (including phenoxy) is 2. The van der Waals surface area contributed by atoms with Crippen LogP contribution < -0.4 is 15.2 Å². The zero-order chi connectivity index (χ0) is 10.2. The zero-order valence-electron chi connectivity index (χ0n) is 8.54. The monoisotopic (exact) mass is 193 g/mol. The van der Waals surface area contributed by atoms with Crippen molar-refractivity contribution in [1.29, 1.82) is 0 Å². The SMILES string of the molecule is COc1cccc(C2(N)CC2)c1OC. The molecule has 0 saturated heterocycles. The Morgan fingerprint density at radius 3 is 2.43 bits per heavy atom. The fourth-order valence-electron chi connectivity index (χ4n) is 1.68. The van der Waals surface area contributed by atoms with Crippen molar-refractivity contribution in [3.63, 3.8) is 0 Å². The van der Waals surface area contributed by atoms with Crippen molar-refractivity contribution in [2.45, 2.75) is 18.4 Å². The molecule has 1 aromatic carbocycles. The largest absolute Gasteiger partial charge is 0.493 e. The van der Waals surface area contributed by atoms with Gasteiger partial charge in [-0.1, -0.05) is 12.1 Å². The van der Waals surface area contributed by atoms with Crippen molar-refractivity contribution >= 4 is 0 Å². The highest BCUT2D eigenvalue weighted by molar-refractivity contribution is 5.51. The Morgan fingerprint density at radius 2 is 1.93 bits per heavy atom. The van der Waals surface area contributed by atoms with Gasteiger partial charge in [-0.3, -0.25) is 0 Å². The Balaban J connectivity index is 2.48. The van der Waals surface area contributed by atoms with Gasteiger partial charge >= 0.3 is 0 Å². The number of para-hydroxylation sites is 1. The lowest BCUT2D eigenvalue weighted by Gasteiger charge is -2.16. The minimum atomic E-state index is -0.181. The molecule has 0 spiro atoms. The summed E-state index contributed by atoms with van der Waals surface area (Å²) in [5.74, 6) is 1.52. The summed E-state index contributed by atoms with van der Waals surface area (Å²) in [5, 5.41) is 0. The Bertz CT molecular complexity index is 345. The normalized spacial score (nSPS) is 17.6. The van der Waals surface area contributed by atoms with Gasteiger partial charge in [0, 0.05) is 11.1 Å². The van der Waals surface area contributed by atoms with Gasteiger partial charge in [-0.15, -0.1) is 0 Å². The molecule has 0 heterocycles. The molecular weight excluding hydrogens is 178 g/mol. The molecule has 0 atom stereocenters. The van der Waals surface area contributed by atoms with Crippen LogP contribution in [0.3, 0.4) is 0 Å². The Kier molecular flexibility index (Phi) is 2.11. The minimum absolute atomic E-state index is 0.181. The molecule has 1 aliphatic carbocycles. The molecule has 1 saturated carbocycles. The molecule has 2 rings (SSSR count). The number of rotatable bonds is 3. The number of hydrogen-bond acceptors (Lipinski definition) is 3. The minimum Gasteiger partial charge on any atom is -0.493 e. The van der Waals surface area contributed by atoms with Crippen LogP contribution in [-0.4, -0.2) is 14.2 Å². The standard InChI is InChI=1S/C11H15NO2/c1-13-9-5-3-4-8(10(9)14-2)11(12)6-7-11/h3-5H,6-7,12H2,1-2H3. The van der Waals surface area contributed by atoms with Crippen LogP contribution in [0.25, 0.3) is 0 Å². The van der Waals surface area contributed by atoms with Crippen LogP contribution in [0.2, 0.25) is 0 Å². The maximum atomic E-state index is 6.13. The second-order valence-corrected chi connectivity index (χ2v) is 3.70. The Hall–Kier alpha value is -1.22. The Labute approximate surface area is 83.8 Å². The molecule has 1 aromatic rings. The second kappa shape index (κ2) is 3.17. The highest BCUT2D eigenvalue weighted by Gasteiger charge is 2.42. The first-order valence-electron chi connectivity index (χ1n) is 4.71. The number of benzene rings is 1. The third-order valence-corrected chi connectivity index (χ3v) is 2.73. The second-order valence-electron chi connectivity index (χ2n) is 3.70. The zero-order valence-corrected chi connectivity index (χ0v) is 8.54. The van der Waals surface area contributed by atoms with Crippen LogP contribution in [0.4, 0.5) is 0 Å². The maximum absolute atomic E-state index is 6.13. The molecule has 76 valence electrons. The van der Waals surface area contributed by atoms with Gasteiger partial charge in [0.2, 0.25) is 0 Å².